The molecule has 0 unspecified atom stereocenters. The summed E-state index contributed by atoms with van der Waals surface area (Å²) in [7, 11) is 0. The molecule has 0 amide bonds. The van der Waals surface area contributed by atoms with Crippen LogP contribution >= 0.6 is 11.6 Å². The van der Waals surface area contributed by atoms with E-state index >= 15 is 0 Å². The molecule has 0 saturated carbocycles. The molecule has 2 aromatic carbocycles. The SMILES string of the molecule is O=c1c(Cl)c(NCc2ccccc2F)cnn1Cc1ccccc1. The fourth-order valence-corrected chi connectivity index (χ4v) is 2.50. The van der Waals surface area contributed by atoms with Gasteiger partial charge in [0.2, 0.25) is 0 Å². The molecule has 1 aromatic heterocycles. The van der Waals surface area contributed by atoms with Crippen molar-refractivity contribution < 1.29 is 4.39 Å². The van der Waals surface area contributed by atoms with Gasteiger partial charge >= 0.3 is 0 Å². The third kappa shape index (κ3) is 3.63. The predicted octanol–water partition coefficient (Wildman–Crippen LogP) is 3.70. The molecule has 0 spiro atoms. The van der Waals surface area contributed by atoms with Crippen molar-refractivity contribution in [1.29, 1.82) is 0 Å². The van der Waals surface area contributed by atoms with Crippen molar-refractivity contribution in [2.75, 3.05) is 5.32 Å². The minimum Gasteiger partial charge on any atom is -0.378 e. The zero-order chi connectivity index (χ0) is 16.9. The van der Waals surface area contributed by atoms with Crippen molar-refractivity contribution in [3.63, 3.8) is 0 Å². The van der Waals surface area contributed by atoms with Gasteiger partial charge in [0, 0.05) is 12.1 Å². The number of halogens is 2. The fraction of sp³-hybridized carbons (Fsp3) is 0.111. The summed E-state index contributed by atoms with van der Waals surface area (Å²) >= 11 is 6.14. The zero-order valence-electron chi connectivity index (χ0n) is 12.7. The Morgan fingerprint density at radius 3 is 2.54 bits per heavy atom. The number of hydrogen-bond donors (Lipinski definition) is 1. The van der Waals surface area contributed by atoms with Crippen LogP contribution in [0.1, 0.15) is 11.1 Å². The van der Waals surface area contributed by atoms with Crippen LogP contribution in [0.25, 0.3) is 0 Å². The molecule has 0 aliphatic carbocycles. The first-order valence-electron chi connectivity index (χ1n) is 7.42. The molecular formula is C18H15ClFN3O. The molecule has 0 radical (unpaired) electrons. The number of nitrogens with zero attached hydrogens (tertiary/aromatic N) is 2. The van der Waals surface area contributed by atoms with E-state index in [4.69, 9.17) is 11.6 Å². The summed E-state index contributed by atoms with van der Waals surface area (Å²) in [5.41, 5.74) is 1.44. The second-order valence-corrected chi connectivity index (χ2v) is 5.64. The molecule has 0 aliphatic heterocycles. The first-order valence-corrected chi connectivity index (χ1v) is 7.80. The molecule has 0 fully saturated rings. The number of anilines is 1. The molecule has 122 valence electrons. The lowest BCUT2D eigenvalue weighted by Crippen LogP contribution is -2.24. The van der Waals surface area contributed by atoms with Gasteiger partial charge in [0.25, 0.3) is 5.56 Å². The number of aromatic nitrogens is 2. The van der Waals surface area contributed by atoms with Gasteiger partial charge in [-0.05, 0) is 11.6 Å². The smallest absolute Gasteiger partial charge is 0.287 e. The van der Waals surface area contributed by atoms with E-state index < -0.39 is 0 Å². The molecule has 0 aliphatic rings. The van der Waals surface area contributed by atoms with Crippen molar-refractivity contribution >= 4 is 17.3 Å². The van der Waals surface area contributed by atoms with E-state index in [1.165, 1.54) is 16.9 Å². The summed E-state index contributed by atoms with van der Waals surface area (Å²) in [6, 6.07) is 15.9. The minimum atomic E-state index is -0.390. The van der Waals surface area contributed by atoms with Crippen molar-refractivity contribution in [2.45, 2.75) is 13.1 Å². The van der Waals surface area contributed by atoms with Crippen molar-refractivity contribution in [3.8, 4) is 0 Å². The average molecular weight is 344 g/mol. The summed E-state index contributed by atoms with van der Waals surface area (Å²) in [5.74, 6) is -0.313. The Bertz CT molecular complexity index is 896. The Labute approximate surface area is 143 Å². The minimum absolute atomic E-state index is 0.0391. The van der Waals surface area contributed by atoms with E-state index in [9.17, 15) is 9.18 Å². The second kappa shape index (κ2) is 7.27. The van der Waals surface area contributed by atoms with Gasteiger partial charge in [-0.25, -0.2) is 9.07 Å². The van der Waals surface area contributed by atoms with Crippen molar-refractivity contribution in [1.82, 2.24) is 9.78 Å². The summed E-state index contributed by atoms with van der Waals surface area (Å²) < 4.78 is 14.9. The lowest BCUT2D eigenvalue weighted by Gasteiger charge is -2.11. The average Bonchev–Trinajstić information content (AvgIpc) is 2.60. The summed E-state index contributed by atoms with van der Waals surface area (Å²) in [6.45, 7) is 0.559. The van der Waals surface area contributed by atoms with Crippen molar-refractivity contribution in [2.24, 2.45) is 0 Å². The van der Waals surface area contributed by atoms with E-state index in [2.05, 4.69) is 10.4 Å². The molecule has 6 heteroatoms. The van der Waals surface area contributed by atoms with E-state index in [-0.39, 0.29) is 22.9 Å². The Morgan fingerprint density at radius 2 is 1.79 bits per heavy atom. The highest BCUT2D eigenvalue weighted by Crippen LogP contribution is 2.17. The quantitative estimate of drug-likeness (QED) is 0.768. The lowest BCUT2D eigenvalue weighted by atomic mass is 10.2. The standard InChI is InChI=1S/C18H15ClFN3O/c19-17-16(21-10-14-8-4-5-9-15(14)20)11-22-23(18(17)24)12-13-6-2-1-3-7-13/h1-9,11,21H,10,12H2. The van der Waals surface area contributed by atoms with Crippen LogP contribution in [0.4, 0.5) is 10.1 Å². The van der Waals surface area contributed by atoms with Gasteiger partial charge in [0.15, 0.2) is 0 Å². The van der Waals surface area contributed by atoms with Gasteiger partial charge in [-0.3, -0.25) is 4.79 Å². The van der Waals surface area contributed by atoms with Crippen LogP contribution in [-0.4, -0.2) is 9.78 Å². The molecule has 1 heterocycles. The van der Waals surface area contributed by atoms with E-state index in [0.717, 1.165) is 5.56 Å². The predicted molar refractivity (Wildman–Crippen MR) is 92.8 cm³/mol. The van der Waals surface area contributed by atoms with Gasteiger partial charge in [0.1, 0.15) is 10.8 Å². The maximum atomic E-state index is 13.6. The Balaban J connectivity index is 1.78. The monoisotopic (exact) mass is 343 g/mol. The number of hydrogen-bond acceptors (Lipinski definition) is 3. The van der Waals surface area contributed by atoms with Crippen LogP contribution in [0.5, 0.6) is 0 Å². The molecule has 0 atom stereocenters. The second-order valence-electron chi connectivity index (χ2n) is 5.27. The molecule has 4 nitrogen and oxygen atoms in total. The van der Waals surface area contributed by atoms with Gasteiger partial charge < -0.3 is 5.32 Å². The maximum Gasteiger partial charge on any atom is 0.287 e. The highest BCUT2D eigenvalue weighted by Gasteiger charge is 2.10. The molecule has 3 aromatic rings. The Hall–Kier alpha value is -2.66. The fourth-order valence-electron chi connectivity index (χ4n) is 2.29. The normalized spacial score (nSPS) is 10.6. The highest BCUT2D eigenvalue weighted by atomic mass is 35.5. The van der Waals surface area contributed by atoms with Crippen LogP contribution in [0.3, 0.4) is 0 Å². The van der Waals surface area contributed by atoms with Gasteiger partial charge in [-0.15, -0.1) is 0 Å². The van der Waals surface area contributed by atoms with E-state index in [1.54, 1.807) is 18.2 Å². The lowest BCUT2D eigenvalue weighted by molar-refractivity contribution is 0.612. The van der Waals surface area contributed by atoms with Crippen molar-refractivity contribution in [3.05, 3.63) is 93.1 Å². The largest absolute Gasteiger partial charge is 0.378 e. The summed E-state index contributed by atoms with van der Waals surface area (Å²) in [5, 5.41) is 7.13. The van der Waals surface area contributed by atoms with Crippen LogP contribution < -0.4 is 10.9 Å². The van der Waals surface area contributed by atoms with Gasteiger partial charge in [-0.2, -0.15) is 5.10 Å². The zero-order valence-corrected chi connectivity index (χ0v) is 13.5. The number of benzene rings is 2. The maximum absolute atomic E-state index is 13.6. The van der Waals surface area contributed by atoms with Crippen LogP contribution in [0.2, 0.25) is 5.02 Å². The first kappa shape index (κ1) is 16.2. The van der Waals surface area contributed by atoms with Crippen LogP contribution in [0, 0.1) is 5.82 Å². The van der Waals surface area contributed by atoms with Crippen LogP contribution in [-0.2, 0) is 13.1 Å². The third-order valence-corrected chi connectivity index (χ3v) is 3.95. The molecule has 0 bridgehead atoms. The third-order valence-electron chi connectivity index (χ3n) is 3.59. The Morgan fingerprint density at radius 1 is 1.08 bits per heavy atom. The van der Waals surface area contributed by atoms with Gasteiger partial charge in [-0.1, -0.05) is 60.1 Å². The molecule has 1 N–H and O–H groups in total. The van der Waals surface area contributed by atoms with E-state index in [0.29, 0.717) is 17.8 Å². The number of rotatable bonds is 5. The topological polar surface area (TPSA) is 46.9 Å². The van der Waals surface area contributed by atoms with Gasteiger partial charge in [0.05, 0.1) is 18.4 Å². The number of nitrogens with one attached hydrogen (secondary N) is 1. The molecule has 0 saturated heterocycles. The highest BCUT2D eigenvalue weighted by molar-refractivity contribution is 6.32. The first-order chi connectivity index (χ1) is 11.6. The Kier molecular flexibility index (Phi) is 4.91. The molecular weight excluding hydrogens is 329 g/mol. The summed E-state index contributed by atoms with van der Waals surface area (Å²) in [4.78, 5) is 12.3. The summed E-state index contributed by atoms with van der Waals surface area (Å²) in [6.07, 6.45) is 1.48. The van der Waals surface area contributed by atoms with E-state index in [1.807, 2.05) is 30.3 Å². The molecule has 24 heavy (non-hydrogen) atoms. The van der Waals surface area contributed by atoms with Crippen LogP contribution in [0.15, 0.2) is 65.6 Å². The molecule has 3 rings (SSSR count).